The number of aryl methyl sites for hydroxylation is 2. The van der Waals surface area contributed by atoms with Crippen molar-refractivity contribution in [2.24, 2.45) is 0 Å². The first kappa shape index (κ1) is 24.6. The van der Waals surface area contributed by atoms with Crippen molar-refractivity contribution >= 4 is 33.0 Å². The molecular formula is C25H30N4O5S. The number of benzene rings is 2. The number of anilines is 3. The van der Waals surface area contributed by atoms with E-state index in [0.717, 1.165) is 37.9 Å². The van der Waals surface area contributed by atoms with Crippen molar-refractivity contribution in [1.29, 1.82) is 0 Å². The first-order valence-corrected chi connectivity index (χ1v) is 13.0. The molecule has 0 unspecified atom stereocenters. The summed E-state index contributed by atoms with van der Waals surface area (Å²) in [6.07, 6.45) is 3.21. The zero-order valence-corrected chi connectivity index (χ0v) is 20.9. The highest BCUT2D eigenvalue weighted by molar-refractivity contribution is 7.92. The molecule has 1 saturated heterocycles. The quantitative estimate of drug-likeness (QED) is 0.477. The Kier molecular flexibility index (Phi) is 7.30. The van der Waals surface area contributed by atoms with Gasteiger partial charge in [-0.2, -0.15) is 0 Å². The van der Waals surface area contributed by atoms with Gasteiger partial charge in [0.15, 0.2) is 0 Å². The highest BCUT2D eigenvalue weighted by atomic mass is 32.2. The summed E-state index contributed by atoms with van der Waals surface area (Å²) in [4.78, 5) is 14.9. The Balaban J connectivity index is 1.63. The van der Waals surface area contributed by atoms with Gasteiger partial charge in [-0.3, -0.25) is 9.52 Å². The van der Waals surface area contributed by atoms with E-state index >= 15 is 0 Å². The van der Waals surface area contributed by atoms with Gasteiger partial charge in [0, 0.05) is 30.0 Å². The number of ether oxygens (including phenoxy) is 1. The molecule has 0 spiro atoms. The topological polar surface area (TPSA) is 114 Å². The van der Waals surface area contributed by atoms with Crippen molar-refractivity contribution in [2.45, 2.75) is 44.4 Å². The molecule has 0 bridgehead atoms. The number of carbonyl (C=O) groups excluding carboxylic acids is 1. The normalized spacial score (nSPS) is 14.0. The van der Waals surface area contributed by atoms with Crippen molar-refractivity contribution in [2.75, 3.05) is 35.1 Å². The van der Waals surface area contributed by atoms with Crippen molar-refractivity contribution in [1.82, 2.24) is 5.16 Å². The maximum absolute atomic E-state index is 13.5. The molecule has 2 aromatic carbocycles. The van der Waals surface area contributed by atoms with Crippen LogP contribution in [-0.4, -0.2) is 39.7 Å². The van der Waals surface area contributed by atoms with E-state index < -0.39 is 10.0 Å². The summed E-state index contributed by atoms with van der Waals surface area (Å²) < 4.78 is 39.9. The smallest absolute Gasteiger partial charge is 0.264 e. The Morgan fingerprint density at radius 2 is 1.74 bits per heavy atom. The average Bonchev–Trinajstić information content (AvgIpc) is 3.17. The van der Waals surface area contributed by atoms with E-state index in [2.05, 4.69) is 20.1 Å². The summed E-state index contributed by atoms with van der Waals surface area (Å²) in [6.45, 7) is 5.10. The second kappa shape index (κ2) is 10.4. The Morgan fingerprint density at radius 3 is 2.37 bits per heavy atom. The van der Waals surface area contributed by atoms with Gasteiger partial charge in [0.05, 0.1) is 24.9 Å². The predicted molar refractivity (Wildman–Crippen MR) is 135 cm³/mol. The third kappa shape index (κ3) is 5.76. The van der Waals surface area contributed by atoms with E-state index in [1.165, 1.54) is 6.07 Å². The molecule has 3 aromatic rings. The van der Waals surface area contributed by atoms with Crippen molar-refractivity contribution in [3.05, 3.63) is 59.5 Å². The van der Waals surface area contributed by atoms with Crippen LogP contribution in [0.4, 0.5) is 17.1 Å². The summed E-state index contributed by atoms with van der Waals surface area (Å²) in [7, 11) is -2.39. The van der Waals surface area contributed by atoms with E-state index in [4.69, 9.17) is 9.26 Å². The van der Waals surface area contributed by atoms with Gasteiger partial charge >= 0.3 is 0 Å². The number of hydrogen-bond donors (Lipinski definition) is 2. The number of piperidine rings is 1. The summed E-state index contributed by atoms with van der Waals surface area (Å²) in [5.41, 5.74) is 2.82. The minimum Gasteiger partial charge on any atom is -0.497 e. The van der Waals surface area contributed by atoms with Gasteiger partial charge < -0.3 is 19.5 Å². The number of nitrogens with one attached hydrogen (secondary N) is 2. The van der Waals surface area contributed by atoms with Crippen molar-refractivity contribution in [3.8, 4) is 5.75 Å². The lowest BCUT2D eigenvalue weighted by Gasteiger charge is -2.30. The number of nitrogens with zero attached hydrogens (tertiary/aromatic N) is 2. The van der Waals surface area contributed by atoms with E-state index in [1.807, 2.05) is 0 Å². The van der Waals surface area contributed by atoms with Gasteiger partial charge in [0.25, 0.3) is 10.0 Å². The van der Waals surface area contributed by atoms with Crippen LogP contribution in [0.2, 0.25) is 0 Å². The van der Waals surface area contributed by atoms with Crippen LogP contribution >= 0.6 is 0 Å². The van der Waals surface area contributed by atoms with Crippen molar-refractivity contribution < 1.29 is 22.5 Å². The van der Waals surface area contributed by atoms with E-state index in [1.54, 1.807) is 57.4 Å². The molecule has 0 radical (unpaired) electrons. The number of carbonyl (C=O) groups is 1. The number of rotatable bonds is 8. The number of amides is 1. The molecule has 10 heteroatoms. The van der Waals surface area contributed by atoms with Crippen LogP contribution in [0.3, 0.4) is 0 Å². The Bertz CT molecular complexity index is 1280. The molecule has 0 aliphatic carbocycles. The van der Waals surface area contributed by atoms with Crippen LogP contribution in [-0.2, 0) is 21.2 Å². The molecule has 2 heterocycles. The molecule has 1 aliphatic heterocycles. The van der Waals surface area contributed by atoms with E-state index in [9.17, 15) is 13.2 Å². The van der Waals surface area contributed by atoms with Gasteiger partial charge in [0.2, 0.25) is 5.91 Å². The molecule has 0 atom stereocenters. The van der Waals surface area contributed by atoms with Gasteiger partial charge in [-0.05, 0) is 75.6 Å². The standard InChI is InChI=1S/C25H30N4O5S/c1-17-22(18(2)34-27-17)16-25(30)26-20-9-12-23(29-13-5-4-6-14-29)24(15-20)35(31,32)28-19-7-10-21(33-3)11-8-19/h7-12,15,28H,4-6,13-14,16H2,1-3H3,(H,26,30). The van der Waals surface area contributed by atoms with Crippen LogP contribution in [0.25, 0.3) is 0 Å². The van der Waals surface area contributed by atoms with E-state index in [-0.39, 0.29) is 17.2 Å². The molecule has 1 aromatic heterocycles. The SMILES string of the molecule is COc1ccc(NS(=O)(=O)c2cc(NC(=O)Cc3c(C)noc3C)ccc2N2CCCCC2)cc1. The number of methoxy groups -OCH3 is 1. The second-order valence-electron chi connectivity index (χ2n) is 8.59. The third-order valence-corrected chi connectivity index (χ3v) is 7.50. The van der Waals surface area contributed by atoms with Gasteiger partial charge in [-0.15, -0.1) is 0 Å². The lowest BCUT2D eigenvalue weighted by molar-refractivity contribution is -0.115. The largest absolute Gasteiger partial charge is 0.497 e. The second-order valence-corrected chi connectivity index (χ2v) is 10.2. The molecule has 9 nitrogen and oxygen atoms in total. The zero-order chi connectivity index (χ0) is 25.0. The first-order chi connectivity index (χ1) is 16.8. The van der Waals surface area contributed by atoms with Gasteiger partial charge in [-0.25, -0.2) is 8.42 Å². The zero-order valence-electron chi connectivity index (χ0n) is 20.1. The van der Waals surface area contributed by atoms with Gasteiger partial charge in [0.1, 0.15) is 16.4 Å². The highest BCUT2D eigenvalue weighted by Gasteiger charge is 2.25. The average molecular weight is 499 g/mol. The van der Waals surface area contributed by atoms with Crippen LogP contribution in [0.1, 0.15) is 36.3 Å². The first-order valence-electron chi connectivity index (χ1n) is 11.5. The maximum atomic E-state index is 13.5. The molecule has 1 fully saturated rings. The number of hydrogen-bond acceptors (Lipinski definition) is 7. The van der Waals surface area contributed by atoms with Crippen LogP contribution in [0, 0.1) is 13.8 Å². The summed E-state index contributed by atoms with van der Waals surface area (Å²) in [6, 6.07) is 11.7. The van der Waals surface area contributed by atoms with Crippen LogP contribution < -0.4 is 19.7 Å². The van der Waals surface area contributed by atoms with E-state index in [0.29, 0.717) is 34.3 Å². The summed E-state index contributed by atoms with van der Waals surface area (Å²) in [5, 5.41) is 6.70. The fourth-order valence-electron chi connectivity index (χ4n) is 4.19. The molecular weight excluding hydrogens is 468 g/mol. The lowest BCUT2D eigenvalue weighted by Crippen LogP contribution is -2.31. The van der Waals surface area contributed by atoms with Gasteiger partial charge in [-0.1, -0.05) is 5.16 Å². The molecule has 35 heavy (non-hydrogen) atoms. The summed E-state index contributed by atoms with van der Waals surface area (Å²) in [5.74, 6) is 0.937. The molecule has 1 aliphatic rings. The Hall–Kier alpha value is -3.53. The fraction of sp³-hybridized carbons (Fsp3) is 0.360. The number of aromatic nitrogens is 1. The lowest BCUT2D eigenvalue weighted by atomic mass is 10.1. The highest BCUT2D eigenvalue weighted by Crippen LogP contribution is 2.32. The van der Waals surface area contributed by atoms with Crippen molar-refractivity contribution in [3.63, 3.8) is 0 Å². The molecule has 0 saturated carbocycles. The maximum Gasteiger partial charge on any atom is 0.264 e. The number of sulfonamides is 1. The summed E-state index contributed by atoms with van der Waals surface area (Å²) >= 11 is 0. The monoisotopic (exact) mass is 498 g/mol. The molecule has 2 N–H and O–H groups in total. The minimum absolute atomic E-state index is 0.0845. The molecule has 4 rings (SSSR count). The molecule has 1 amide bonds. The van der Waals surface area contributed by atoms with Crippen LogP contribution in [0.5, 0.6) is 5.75 Å². The van der Waals surface area contributed by atoms with Crippen LogP contribution in [0.15, 0.2) is 51.9 Å². The predicted octanol–water partition coefficient (Wildman–Crippen LogP) is 4.27. The Morgan fingerprint density at radius 1 is 1.06 bits per heavy atom. The fourth-order valence-corrected chi connectivity index (χ4v) is 5.50. The third-order valence-electron chi connectivity index (χ3n) is 6.09. The minimum atomic E-state index is -3.94. The molecule has 186 valence electrons. The Labute approximate surface area is 205 Å².